The smallest absolute Gasteiger partial charge is 0.236 e. The summed E-state index contributed by atoms with van der Waals surface area (Å²) in [6.45, 7) is 16.5. The van der Waals surface area contributed by atoms with Gasteiger partial charge in [0.1, 0.15) is 68.8 Å². The summed E-state index contributed by atoms with van der Waals surface area (Å²) in [6.07, 6.45) is 19.9. The molecule has 35 heteroatoms. The van der Waals surface area contributed by atoms with Crippen LogP contribution in [0.25, 0.3) is 0 Å². The Morgan fingerprint density at radius 2 is 0.655 bits per heavy atom. The highest BCUT2D eigenvalue weighted by Gasteiger charge is 2.26. The molecule has 24 rings (SSSR count). The molecule has 8 aliphatic rings. The molecule has 1 atom stereocenters. The van der Waals surface area contributed by atoms with Crippen LogP contribution in [0.4, 0.5) is 58.9 Å². The largest absolute Gasteiger partial charge is 0.497 e. The van der Waals surface area contributed by atoms with E-state index in [-0.39, 0.29) is 17.4 Å². The van der Waals surface area contributed by atoms with Gasteiger partial charge in [0.15, 0.2) is 69.8 Å². The molecule has 0 saturated carbocycles. The van der Waals surface area contributed by atoms with Gasteiger partial charge in [-0.25, -0.2) is 23.1 Å². The fourth-order valence-electron chi connectivity index (χ4n) is 15.6. The molecular weight excluding hydrogens is 1830 g/mol. The number of rotatable bonds is 13. The van der Waals surface area contributed by atoms with Gasteiger partial charge in [-0.05, 0) is 191 Å². The second-order valence-corrected chi connectivity index (χ2v) is 33.3. The highest BCUT2D eigenvalue weighted by molar-refractivity contribution is 6.14. The maximum absolute atomic E-state index is 13.7. The summed E-state index contributed by atoms with van der Waals surface area (Å²) in [5, 5.41) is 25.6. The third-order valence-electron chi connectivity index (χ3n) is 22.6. The molecule has 1 unspecified atom stereocenters. The van der Waals surface area contributed by atoms with Crippen molar-refractivity contribution in [1.29, 1.82) is 0 Å². The highest BCUT2D eigenvalue weighted by atomic mass is 19.1. The van der Waals surface area contributed by atoms with Gasteiger partial charge in [-0.15, -0.1) is 0 Å². The van der Waals surface area contributed by atoms with Gasteiger partial charge in [-0.3, -0.25) is 89.8 Å². The van der Waals surface area contributed by atoms with Gasteiger partial charge in [-0.1, -0.05) is 66.7 Å². The molecule has 0 spiro atoms. The molecule has 20 heterocycles. The van der Waals surface area contributed by atoms with Crippen molar-refractivity contribution in [3.8, 4) is 23.0 Å². The first-order valence-electron chi connectivity index (χ1n) is 46.4. The van der Waals surface area contributed by atoms with Crippen LogP contribution < -0.4 is 61.5 Å². The second kappa shape index (κ2) is 47.4. The maximum Gasteiger partial charge on any atom is 0.236 e. The SMILES string of the molecule is COc1cc(NC2=NCc3cccnc32)ccc1F.COc1ccc(NC2=NCc3cccnc32)cc1OC(C)F.COc1cccc(NC2=NCc3cccnc32)c1.Cc1ccc(F)c(NC2=NCc3cccnc32)c1.Cc1ccc(NC2=NCc3cccnc32)cn1.Cc1cccc(NC2=NCc3cccnc32)n1.Cc1ccnc(NC2=NCc3cccnc32)c1.Cc1cncc(NC2=NCc3cccnc32)c1. The molecule has 8 aliphatic heterocycles. The lowest BCUT2D eigenvalue weighted by molar-refractivity contribution is 0.0827. The third kappa shape index (κ3) is 25.7. The van der Waals surface area contributed by atoms with Gasteiger partial charge >= 0.3 is 0 Å². The van der Waals surface area contributed by atoms with Crippen molar-refractivity contribution >= 4 is 92.4 Å². The van der Waals surface area contributed by atoms with E-state index in [1.54, 1.807) is 112 Å². The van der Waals surface area contributed by atoms with Crippen molar-refractivity contribution in [2.24, 2.45) is 39.9 Å². The van der Waals surface area contributed by atoms with Crippen LogP contribution in [-0.4, -0.2) is 134 Å². The summed E-state index contributed by atoms with van der Waals surface area (Å²) >= 11 is 0. The van der Waals surface area contributed by atoms with Crippen molar-refractivity contribution in [2.45, 2.75) is 100 Å². The van der Waals surface area contributed by atoms with Gasteiger partial charge in [-0.2, -0.15) is 0 Å². The maximum atomic E-state index is 13.7. The number of halogens is 3. The van der Waals surface area contributed by atoms with Crippen LogP contribution in [0.1, 0.15) is 125 Å². The zero-order valence-corrected chi connectivity index (χ0v) is 80.7. The van der Waals surface area contributed by atoms with Crippen molar-refractivity contribution in [2.75, 3.05) is 63.9 Å². The number of nitrogens with zero attached hydrogens (tertiary/aromatic N) is 20. The Labute approximate surface area is 835 Å². The fourth-order valence-corrected chi connectivity index (χ4v) is 15.6. The Morgan fingerprint density at radius 3 is 1.07 bits per heavy atom. The minimum absolute atomic E-state index is 0.199. The van der Waals surface area contributed by atoms with E-state index in [2.05, 4.69) is 148 Å². The number of hydrogen-bond donors (Lipinski definition) is 8. The lowest BCUT2D eigenvalue weighted by Crippen LogP contribution is -2.14. The fraction of sp³-hybridized carbons (Fsp3) is 0.164. The standard InChI is InChI=1S/C16H16FN3O2.C14H12FN3O.C14H12FN3.C14H13N3O.4C13H12N4/c1-10(17)22-14-8-12(5-6-13(14)21-2)20-16-15-11(9-19-16)4-3-7-18-15;1-19-12-7-10(4-5-11(12)15)18-14-13-9(8-17-14)3-2-6-16-13;1-9-4-5-11(15)12(7-9)18-14-13-10(8-17-14)3-2-6-16-13;1-18-12-6-2-5-11(8-12)17-14-13-10(9-16-14)4-3-7-15-13;1-9-4-2-6-11(16-9)17-13-12-10(8-15-13)5-3-7-14-12;1-9-4-5-11(8-15-9)17-13-12-10(7-16-13)3-2-6-14-12;1-9-4-6-14-11(7-9)17-13-12-10(8-16-13)3-2-5-15-12;1-9-5-11(8-14-6-9)17-13-12-10(7-16-13)3-2-4-15-12/h3-8,10H,9H2,1-2H3,(H,19,20);2-7H,8H2,1H3,(H,17,18);2-7H,8H2,1H3,(H,17,18);2-8H,9H2,1H3,(H,16,17);2-7H,8H2,1H3,(H,15,16,17);2-6,8H,7H2,1H3,(H,16,17);2-7H,8H2,1H3,(H,14,16,17);2-6,8H,7H2,1H3,(H,16,17). The number of pyridine rings is 12. The number of methoxy groups -OCH3 is 3. The minimum atomic E-state index is -1.42. The number of nitrogens with one attached hydrogen (secondary N) is 8. The molecule has 8 N–H and O–H groups in total. The Morgan fingerprint density at radius 1 is 0.269 bits per heavy atom. The first-order chi connectivity index (χ1) is 70.9. The highest BCUT2D eigenvalue weighted by Crippen LogP contribution is 2.34. The van der Waals surface area contributed by atoms with Gasteiger partial charge in [0, 0.05) is 160 Å². The summed E-state index contributed by atoms with van der Waals surface area (Å²) in [7, 11) is 4.61. The summed E-state index contributed by atoms with van der Waals surface area (Å²) in [4.78, 5) is 87.0. The van der Waals surface area contributed by atoms with Crippen LogP contribution >= 0.6 is 0 Å². The topological polar surface area (TPSA) is 387 Å². The molecule has 0 bridgehead atoms. The molecule has 12 aromatic heterocycles. The average molecular weight is 1940 g/mol. The molecule has 16 aromatic rings. The Hall–Kier alpha value is -18.6. The number of benzene rings is 4. The summed E-state index contributed by atoms with van der Waals surface area (Å²) < 4.78 is 60.5. The number of amidine groups is 8. The van der Waals surface area contributed by atoms with E-state index in [0.717, 1.165) is 188 Å². The first kappa shape index (κ1) is 98.1. The van der Waals surface area contributed by atoms with Crippen LogP contribution in [0, 0.1) is 46.3 Å². The van der Waals surface area contributed by atoms with Crippen LogP contribution in [0.2, 0.25) is 0 Å². The summed E-state index contributed by atoms with van der Waals surface area (Å²) in [6, 6.07) is 69.9. The van der Waals surface area contributed by atoms with Crippen LogP contribution in [0.5, 0.6) is 23.0 Å². The van der Waals surface area contributed by atoms with Crippen molar-refractivity contribution in [3.05, 3.63) is 429 Å². The van der Waals surface area contributed by atoms with Gasteiger partial charge in [0.25, 0.3) is 0 Å². The third-order valence-corrected chi connectivity index (χ3v) is 22.6. The van der Waals surface area contributed by atoms with Crippen LogP contribution in [-0.2, 0) is 52.4 Å². The van der Waals surface area contributed by atoms with E-state index in [0.29, 0.717) is 87.1 Å². The molecule has 0 amide bonds. The molecule has 726 valence electrons. The van der Waals surface area contributed by atoms with Crippen LogP contribution in [0.3, 0.4) is 0 Å². The summed E-state index contributed by atoms with van der Waals surface area (Å²) in [5.41, 5.74) is 26.1. The van der Waals surface area contributed by atoms with Crippen molar-refractivity contribution < 1.29 is 32.1 Å². The Kier molecular flexibility index (Phi) is 32.0. The normalized spacial score (nSPS) is 13.2. The number of anilines is 8. The van der Waals surface area contributed by atoms with E-state index in [1.165, 1.54) is 38.8 Å². The number of ether oxygens (including phenoxy) is 4. The molecule has 0 saturated heterocycles. The quantitative estimate of drug-likeness (QED) is 0.0531. The predicted octanol–water partition coefficient (Wildman–Crippen LogP) is 19.8. The van der Waals surface area contributed by atoms with E-state index < -0.39 is 6.36 Å². The average Bonchev–Trinajstić information content (AvgIpc) is 1.74. The number of fused-ring (bicyclic) bond motifs is 8. The zero-order chi connectivity index (χ0) is 100. The molecule has 4 aromatic carbocycles. The molecule has 0 fully saturated rings. The monoisotopic (exact) mass is 1930 g/mol. The number of aliphatic imine (C=N–C) groups is 8. The lowest BCUT2D eigenvalue weighted by atomic mass is 10.2. The number of aryl methyl sites for hydroxylation is 5. The number of alkyl halides is 1. The lowest BCUT2D eigenvalue weighted by Gasteiger charge is -2.14. The number of aromatic nitrogens is 12. The van der Waals surface area contributed by atoms with Crippen LogP contribution in [0.15, 0.2) is 339 Å². The molecule has 145 heavy (non-hydrogen) atoms. The van der Waals surface area contributed by atoms with Crippen molar-refractivity contribution in [3.63, 3.8) is 0 Å². The molecule has 0 radical (unpaired) electrons. The number of hydrogen-bond acceptors (Lipinski definition) is 32. The second-order valence-electron chi connectivity index (χ2n) is 33.3. The van der Waals surface area contributed by atoms with Gasteiger partial charge < -0.3 is 61.5 Å². The zero-order valence-electron chi connectivity index (χ0n) is 80.7. The van der Waals surface area contributed by atoms with Crippen molar-refractivity contribution in [1.82, 2.24) is 59.8 Å². The van der Waals surface area contributed by atoms with Gasteiger partial charge in [0.05, 0.1) is 103 Å². The van der Waals surface area contributed by atoms with E-state index >= 15 is 0 Å². The van der Waals surface area contributed by atoms with E-state index in [1.807, 2.05) is 211 Å². The molecule has 0 aliphatic carbocycles. The Balaban J connectivity index is 0.000000114. The van der Waals surface area contributed by atoms with E-state index in [9.17, 15) is 13.2 Å². The molecule has 32 nitrogen and oxygen atoms in total. The first-order valence-corrected chi connectivity index (χ1v) is 46.4. The molecular formula is C110H101F3N28O4. The summed E-state index contributed by atoms with van der Waals surface area (Å²) in [5.74, 6) is 8.88. The predicted molar refractivity (Wildman–Crippen MR) is 562 cm³/mol. The Bertz CT molecular complexity index is 7370. The van der Waals surface area contributed by atoms with Gasteiger partial charge in [0.2, 0.25) is 6.36 Å². The minimum Gasteiger partial charge on any atom is -0.497 e. The van der Waals surface area contributed by atoms with E-state index in [4.69, 9.17) is 18.9 Å².